The Balaban J connectivity index is 2.00. The summed E-state index contributed by atoms with van der Waals surface area (Å²) in [4.78, 5) is 12.5. The van der Waals surface area contributed by atoms with Gasteiger partial charge in [0.25, 0.3) is 0 Å². The van der Waals surface area contributed by atoms with E-state index in [0.29, 0.717) is 16.4 Å². The summed E-state index contributed by atoms with van der Waals surface area (Å²) in [6, 6.07) is 12.0. The fourth-order valence-corrected chi connectivity index (χ4v) is 2.82. The number of hydrogen-bond donors (Lipinski definition) is 0. The lowest BCUT2D eigenvalue weighted by Crippen LogP contribution is -2.12. The van der Waals surface area contributed by atoms with Crippen LogP contribution in [0.5, 0.6) is 5.88 Å². The van der Waals surface area contributed by atoms with Crippen LogP contribution in [-0.2, 0) is 0 Å². The van der Waals surface area contributed by atoms with E-state index in [1.807, 2.05) is 13.8 Å². The van der Waals surface area contributed by atoms with Gasteiger partial charge < -0.3 is 4.74 Å². The van der Waals surface area contributed by atoms with Gasteiger partial charge in [0.15, 0.2) is 0 Å². The van der Waals surface area contributed by atoms with Crippen molar-refractivity contribution in [1.29, 1.82) is 0 Å². The number of rotatable bonds is 4. The minimum atomic E-state index is -0.653. The predicted molar refractivity (Wildman–Crippen MR) is 99.0 cm³/mol. The molecule has 0 unspecified atom stereocenters. The number of esters is 1. The van der Waals surface area contributed by atoms with Gasteiger partial charge >= 0.3 is 5.97 Å². The summed E-state index contributed by atoms with van der Waals surface area (Å²) in [6.07, 6.45) is 0. The molecular formula is C19H15Cl2FN2O2. The van der Waals surface area contributed by atoms with Crippen molar-refractivity contribution in [3.05, 3.63) is 75.7 Å². The third-order valence-electron chi connectivity index (χ3n) is 3.69. The molecule has 1 aromatic heterocycles. The lowest BCUT2D eigenvalue weighted by Gasteiger charge is -2.09. The normalized spacial score (nSPS) is 11.0. The minimum absolute atomic E-state index is 0.0985. The minimum Gasteiger partial charge on any atom is -0.404 e. The summed E-state index contributed by atoms with van der Waals surface area (Å²) < 4.78 is 20.5. The van der Waals surface area contributed by atoms with Gasteiger partial charge in [-0.05, 0) is 42.3 Å². The molecule has 134 valence electrons. The van der Waals surface area contributed by atoms with Crippen LogP contribution in [0, 0.1) is 5.82 Å². The van der Waals surface area contributed by atoms with Crippen molar-refractivity contribution in [2.75, 3.05) is 0 Å². The van der Waals surface area contributed by atoms with Gasteiger partial charge in [-0.3, -0.25) is 0 Å². The number of benzene rings is 2. The first kappa shape index (κ1) is 18.4. The van der Waals surface area contributed by atoms with Gasteiger partial charge in [-0.15, -0.1) is 0 Å². The lowest BCUT2D eigenvalue weighted by atomic mass is 10.1. The van der Waals surface area contributed by atoms with E-state index in [9.17, 15) is 9.18 Å². The second-order valence-electron chi connectivity index (χ2n) is 5.97. The third kappa shape index (κ3) is 3.89. The second kappa shape index (κ2) is 7.48. The number of nitrogens with zero attached hydrogens (tertiary/aromatic N) is 2. The lowest BCUT2D eigenvalue weighted by molar-refractivity contribution is 0.0723. The first-order valence-electron chi connectivity index (χ1n) is 7.88. The van der Waals surface area contributed by atoms with Crippen molar-refractivity contribution in [2.24, 2.45) is 0 Å². The van der Waals surface area contributed by atoms with Gasteiger partial charge in [0.1, 0.15) is 5.82 Å². The molecule has 26 heavy (non-hydrogen) atoms. The van der Waals surface area contributed by atoms with Gasteiger partial charge in [0, 0.05) is 11.1 Å². The number of ether oxygens (including phenoxy) is 1. The molecule has 0 N–H and O–H groups in total. The fraction of sp³-hybridized carbons (Fsp3) is 0.158. The first-order valence-corrected chi connectivity index (χ1v) is 8.64. The smallest absolute Gasteiger partial charge is 0.346 e. The van der Waals surface area contributed by atoms with Crippen LogP contribution in [0.4, 0.5) is 4.39 Å². The van der Waals surface area contributed by atoms with Crippen LogP contribution in [0.15, 0.2) is 48.5 Å². The Morgan fingerprint density at radius 1 is 1.15 bits per heavy atom. The highest BCUT2D eigenvalue weighted by molar-refractivity contribution is 6.36. The Morgan fingerprint density at radius 3 is 2.58 bits per heavy atom. The molecule has 7 heteroatoms. The molecular weight excluding hydrogens is 378 g/mol. The Hall–Kier alpha value is -2.37. The number of halogens is 3. The van der Waals surface area contributed by atoms with Crippen molar-refractivity contribution in [1.82, 2.24) is 9.78 Å². The van der Waals surface area contributed by atoms with Crippen LogP contribution >= 0.6 is 23.2 Å². The van der Waals surface area contributed by atoms with Crippen LogP contribution in [0.3, 0.4) is 0 Å². The van der Waals surface area contributed by atoms with E-state index < -0.39 is 11.8 Å². The van der Waals surface area contributed by atoms with Crippen molar-refractivity contribution in [2.45, 2.75) is 19.8 Å². The molecule has 3 rings (SSSR count). The van der Waals surface area contributed by atoms with E-state index in [4.69, 9.17) is 27.9 Å². The highest BCUT2D eigenvalue weighted by Gasteiger charge is 2.19. The molecule has 4 nitrogen and oxygen atoms in total. The number of carbonyl (C=O) groups excluding carboxylic acids is 1. The van der Waals surface area contributed by atoms with Crippen molar-refractivity contribution >= 4 is 29.2 Å². The molecule has 0 aliphatic rings. The summed E-state index contributed by atoms with van der Waals surface area (Å²) in [5.41, 5.74) is 1.33. The van der Waals surface area contributed by atoms with Gasteiger partial charge in [0.2, 0.25) is 5.88 Å². The highest BCUT2D eigenvalue weighted by atomic mass is 35.5. The van der Waals surface area contributed by atoms with Crippen LogP contribution in [-0.4, -0.2) is 15.7 Å². The highest BCUT2D eigenvalue weighted by Crippen LogP contribution is 2.27. The molecule has 0 saturated heterocycles. The molecule has 0 bridgehead atoms. The molecule has 2 aromatic carbocycles. The average Bonchev–Trinajstić information content (AvgIpc) is 2.98. The van der Waals surface area contributed by atoms with Crippen molar-refractivity contribution in [3.63, 3.8) is 0 Å². The molecule has 0 fully saturated rings. The Labute approximate surface area is 160 Å². The summed E-state index contributed by atoms with van der Waals surface area (Å²) in [7, 11) is 0. The second-order valence-corrected chi connectivity index (χ2v) is 6.81. The van der Waals surface area contributed by atoms with Crippen LogP contribution in [0.1, 0.15) is 35.8 Å². The topological polar surface area (TPSA) is 44.1 Å². The van der Waals surface area contributed by atoms with E-state index in [1.165, 1.54) is 28.9 Å². The maximum atomic E-state index is 13.6. The number of hydrogen-bond acceptors (Lipinski definition) is 3. The molecule has 1 heterocycles. The molecule has 0 aliphatic carbocycles. The predicted octanol–water partition coefficient (Wildman–Crippen LogP) is 5.66. The Bertz CT molecular complexity index is 970. The Kier molecular flexibility index (Phi) is 5.30. The van der Waals surface area contributed by atoms with Crippen LogP contribution < -0.4 is 4.74 Å². The maximum Gasteiger partial charge on any atom is 0.346 e. The molecule has 0 aliphatic heterocycles. The van der Waals surface area contributed by atoms with Gasteiger partial charge in [0.05, 0.1) is 22.0 Å². The van der Waals surface area contributed by atoms with E-state index in [1.54, 1.807) is 24.3 Å². The zero-order valence-corrected chi connectivity index (χ0v) is 15.6. The molecule has 0 saturated carbocycles. The summed E-state index contributed by atoms with van der Waals surface area (Å²) in [6.45, 7) is 3.92. The molecule has 0 spiro atoms. The third-order valence-corrected chi connectivity index (χ3v) is 4.24. The molecule has 0 atom stereocenters. The van der Waals surface area contributed by atoms with Gasteiger partial charge in [-0.25, -0.2) is 13.9 Å². The van der Waals surface area contributed by atoms with Crippen LogP contribution in [0.25, 0.3) is 5.69 Å². The number of carbonyl (C=O) groups is 1. The van der Waals surface area contributed by atoms with Crippen molar-refractivity contribution < 1.29 is 13.9 Å². The van der Waals surface area contributed by atoms with Crippen molar-refractivity contribution in [3.8, 4) is 11.6 Å². The van der Waals surface area contributed by atoms with E-state index in [2.05, 4.69) is 5.10 Å². The number of aromatic nitrogens is 2. The first-order chi connectivity index (χ1) is 12.3. The van der Waals surface area contributed by atoms with Crippen LogP contribution in [0.2, 0.25) is 10.0 Å². The molecule has 3 aromatic rings. The fourth-order valence-electron chi connectivity index (χ4n) is 2.33. The SMILES string of the molecule is CC(C)c1cc(OC(=O)c2ccc(Cl)cc2Cl)n(-c2cccc(F)c2)n1. The summed E-state index contributed by atoms with van der Waals surface area (Å²) in [5.74, 6) is -0.793. The largest absolute Gasteiger partial charge is 0.404 e. The Morgan fingerprint density at radius 2 is 1.92 bits per heavy atom. The maximum absolute atomic E-state index is 13.6. The zero-order chi connectivity index (χ0) is 18.8. The standard InChI is InChI=1S/C19H15Cl2FN2O2/c1-11(2)17-10-18(24(23-17)14-5-3-4-13(22)9-14)26-19(25)15-7-6-12(20)8-16(15)21/h3-11H,1-2H3. The summed E-state index contributed by atoms with van der Waals surface area (Å²) in [5, 5.41) is 5.02. The van der Waals surface area contributed by atoms with E-state index in [0.717, 1.165) is 0 Å². The monoisotopic (exact) mass is 392 g/mol. The summed E-state index contributed by atoms with van der Waals surface area (Å²) >= 11 is 11.9. The quantitative estimate of drug-likeness (QED) is 0.537. The van der Waals surface area contributed by atoms with Gasteiger partial charge in [-0.2, -0.15) is 5.10 Å². The van der Waals surface area contributed by atoms with E-state index in [-0.39, 0.29) is 22.4 Å². The molecule has 0 radical (unpaired) electrons. The zero-order valence-electron chi connectivity index (χ0n) is 14.0. The molecule has 0 amide bonds. The average molecular weight is 393 g/mol. The van der Waals surface area contributed by atoms with Gasteiger partial charge in [-0.1, -0.05) is 43.1 Å². The van der Waals surface area contributed by atoms with E-state index >= 15 is 0 Å².